The fourth-order valence-corrected chi connectivity index (χ4v) is 3.68. The van der Waals surface area contributed by atoms with E-state index in [9.17, 15) is 23.1 Å². The second kappa shape index (κ2) is 10.1. The van der Waals surface area contributed by atoms with Gasteiger partial charge in [-0.25, -0.2) is 13.1 Å². The van der Waals surface area contributed by atoms with E-state index in [1.165, 1.54) is 38.3 Å². The highest BCUT2D eigenvalue weighted by molar-refractivity contribution is 7.89. The molecule has 0 heterocycles. The van der Waals surface area contributed by atoms with Gasteiger partial charge in [0.1, 0.15) is 0 Å². The third-order valence-corrected chi connectivity index (χ3v) is 5.84. The molecule has 156 valence electrons. The standard InChI is InChI=1S/C20H24N2O6S/c1-14(20(24)25)18(15-6-4-3-5-7-15)22-19(23)16-8-10-17(11-9-16)29(26,27)21-12-13-28-2/h3-11,14,18,21H,12-13H2,1-2H3,(H,22,23)(H,24,25)/t14-,18+/m1/s1. The SMILES string of the molecule is COCCNS(=O)(=O)c1ccc(C(=O)N[C@H](c2ccccc2)[C@@H](C)C(=O)O)cc1. The summed E-state index contributed by atoms with van der Waals surface area (Å²) in [5, 5.41) is 12.1. The zero-order chi connectivity index (χ0) is 21.4. The molecule has 0 radical (unpaired) electrons. The number of carbonyl (C=O) groups is 2. The number of hydrogen-bond donors (Lipinski definition) is 3. The molecule has 0 saturated carbocycles. The van der Waals surface area contributed by atoms with Crippen molar-refractivity contribution in [2.45, 2.75) is 17.9 Å². The van der Waals surface area contributed by atoms with Gasteiger partial charge in [0.25, 0.3) is 5.91 Å². The van der Waals surface area contributed by atoms with Crippen LogP contribution in [0.5, 0.6) is 0 Å². The zero-order valence-corrected chi connectivity index (χ0v) is 17.0. The second-order valence-electron chi connectivity index (χ2n) is 6.40. The number of carboxylic acid groups (broad SMARTS) is 1. The Hall–Kier alpha value is -2.75. The first-order valence-corrected chi connectivity index (χ1v) is 10.4. The van der Waals surface area contributed by atoms with E-state index in [0.717, 1.165) is 0 Å². The Balaban J connectivity index is 2.17. The first kappa shape index (κ1) is 22.5. The smallest absolute Gasteiger partial charge is 0.308 e. The van der Waals surface area contributed by atoms with Crippen molar-refractivity contribution in [1.82, 2.24) is 10.0 Å². The molecule has 0 aromatic heterocycles. The van der Waals surface area contributed by atoms with Crippen molar-refractivity contribution in [2.24, 2.45) is 5.92 Å². The van der Waals surface area contributed by atoms with Crippen molar-refractivity contribution < 1.29 is 27.9 Å². The molecule has 2 aromatic rings. The van der Waals surface area contributed by atoms with E-state index in [2.05, 4.69) is 10.0 Å². The molecule has 8 nitrogen and oxygen atoms in total. The van der Waals surface area contributed by atoms with Gasteiger partial charge >= 0.3 is 5.97 Å². The summed E-state index contributed by atoms with van der Waals surface area (Å²) in [7, 11) is -2.24. The quantitative estimate of drug-likeness (QED) is 0.504. The minimum atomic E-state index is -3.71. The number of methoxy groups -OCH3 is 1. The summed E-state index contributed by atoms with van der Waals surface area (Å²) >= 11 is 0. The van der Waals surface area contributed by atoms with E-state index >= 15 is 0 Å². The zero-order valence-electron chi connectivity index (χ0n) is 16.2. The van der Waals surface area contributed by atoms with Gasteiger partial charge in [-0.1, -0.05) is 30.3 Å². The number of benzene rings is 2. The maximum absolute atomic E-state index is 12.6. The minimum Gasteiger partial charge on any atom is -0.481 e. The number of aliphatic carboxylic acids is 1. The molecule has 0 bridgehead atoms. The van der Waals surface area contributed by atoms with Gasteiger partial charge < -0.3 is 15.2 Å². The molecule has 2 rings (SSSR count). The molecule has 0 fully saturated rings. The highest BCUT2D eigenvalue weighted by Crippen LogP contribution is 2.23. The molecule has 2 aromatic carbocycles. The minimum absolute atomic E-state index is 0.0173. The summed E-state index contributed by atoms with van der Waals surface area (Å²) in [5.74, 6) is -2.39. The van der Waals surface area contributed by atoms with Crippen LogP contribution < -0.4 is 10.0 Å². The number of sulfonamides is 1. The number of rotatable bonds is 10. The van der Waals surface area contributed by atoms with Crippen molar-refractivity contribution in [3.8, 4) is 0 Å². The van der Waals surface area contributed by atoms with Gasteiger partial charge in [-0.05, 0) is 36.8 Å². The predicted octanol–water partition coefficient (Wildman–Crippen LogP) is 1.80. The lowest BCUT2D eigenvalue weighted by Gasteiger charge is -2.23. The van der Waals surface area contributed by atoms with Crippen molar-refractivity contribution in [2.75, 3.05) is 20.3 Å². The van der Waals surface area contributed by atoms with E-state index in [0.29, 0.717) is 5.56 Å². The number of carbonyl (C=O) groups excluding carboxylic acids is 1. The molecule has 0 aliphatic heterocycles. The van der Waals surface area contributed by atoms with Gasteiger partial charge in [0.05, 0.1) is 23.5 Å². The third kappa shape index (κ3) is 6.11. The monoisotopic (exact) mass is 420 g/mol. The number of ether oxygens (including phenoxy) is 1. The Kier molecular flexibility index (Phi) is 7.89. The fourth-order valence-electron chi connectivity index (χ4n) is 2.67. The van der Waals surface area contributed by atoms with Crippen molar-refractivity contribution in [3.05, 3.63) is 65.7 Å². The molecular weight excluding hydrogens is 396 g/mol. The average molecular weight is 420 g/mol. The van der Waals surface area contributed by atoms with Crippen LogP contribution in [0.4, 0.5) is 0 Å². The molecule has 29 heavy (non-hydrogen) atoms. The van der Waals surface area contributed by atoms with E-state index in [1.54, 1.807) is 30.3 Å². The van der Waals surface area contributed by atoms with Gasteiger partial charge in [-0.3, -0.25) is 9.59 Å². The van der Waals surface area contributed by atoms with Crippen molar-refractivity contribution >= 4 is 21.9 Å². The Morgan fingerprint density at radius 2 is 1.69 bits per heavy atom. The number of amides is 1. The summed E-state index contributed by atoms with van der Waals surface area (Å²) in [6.45, 7) is 1.89. The molecule has 0 spiro atoms. The molecule has 9 heteroatoms. The summed E-state index contributed by atoms with van der Waals surface area (Å²) in [6, 6.07) is 13.5. The first-order valence-electron chi connectivity index (χ1n) is 8.93. The Morgan fingerprint density at radius 1 is 1.07 bits per heavy atom. The Bertz CT molecular complexity index is 929. The van der Waals surface area contributed by atoms with E-state index in [-0.39, 0.29) is 23.6 Å². The first-order chi connectivity index (χ1) is 13.8. The Morgan fingerprint density at radius 3 is 2.24 bits per heavy atom. The predicted molar refractivity (Wildman–Crippen MR) is 107 cm³/mol. The van der Waals surface area contributed by atoms with Crippen LogP contribution in [0, 0.1) is 5.92 Å². The lowest BCUT2D eigenvalue weighted by Crippen LogP contribution is -2.35. The topological polar surface area (TPSA) is 122 Å². The van der Waals surface area contributed by atoms with Crippen LogP contribution >= 0.6 is 0 Å². The van der Waals surface area contributed by atoms with Crippen molar-refractivity contribution in [1.29, 1.82) is 0 Å². The molecule has 0 saturated heterocycles. The van der Waals surface area contributed by atoms with Crippen LogP contribution in [-0.4, -0.2) is 45.7 Å². The fraction of sp³-hybridized carbons (Fsp3) is 0.300. The van der Waals surface area contributed by atoms with E-state index in [4.69, 9.17) is 4.74 Å². The average Bonchev–Trinajstić information content (AvgIpc) is 2.72. The van der Waals surface area contributed by atoms with Crippen LogP contribution in [0.25, 0.3) is 0 Å². The molecular formula is C20H24N2O6S. The van der Waals surface area contributed by atoms with Crippen molar-refractivity contribution in [3.63, 3.8) is 0 Å². The molecule has 1 amide bonds. The largest absolute Gasteiger partial charge is 0.481 e. The lowest BCUT2D eigenvalue weighted by molar-refractivity contribution is -0.142. The molecule has 0 aliphatic carbocycles. The third-order valence-electron chi connectivity index (χ3n) is 4.36. The van der Waals surface area contributed by atoms with Gasteiger partial charge in [-0.15, -0.1) is 0 Å². The Labute approximate surface area is 169 Å². The summed E-state index contributed by atoms with van der Waals surface area (Å²) in [6.07, 6.45) is 0. The van der Waals surface area contributed by atoms with E-state index in [1.807, 2.05) is 0 Å². The van der Waals surface area contributed by atoms with Crippen LogP contribution in [0.2, 0.25) is 0 Å². The second-order valence-corrected chi connectivity index (χ2v) is 8.17. The van der Waals surface area contributed by atoms with Crippen LogP contribution in [0.3, 0.4) is 0 Å². The molecule has 0 aliphatic rings. The normalized spacial score (nSPS) is 13.4. The molecule has 3 N–H and O–H groups in total. The van der Waals surface area contributed by atoms with Gasteiger partial charge in [0.15, 0.2) is 0 Å². The van der Waals surface area contributed by atoms with E-state index < -0.39 is 33.9 Å². The summed E-state index contributed by atoms with van der Waals surface area (Å²) < 4.78 is 31.6. The van der Waals surface area contributed by atoms with Crippen LogP contribution in [0.15, 0.2) is 59.5 Å². The molecule has 2 atom stereocenters. The maximum atomic E-state index is 12.6. The highest BCUT2D eigenvalue weighted by Gasteiger charge is 2.27. The van der Waals surface area contributed by atoms with Crippen LogP contribution in [-0.2, 0) is 19.6 Å². The summed E-state index contributed by atoms with van der Waals surface area (Å²) in [4.78, 5) is 24.1. The van der Waals surface area contributed by atoms with Gasteiger partial charge in [-0.2, -0.15) is 0 Å². The van der Waals surface area contributed by atoms with Gasteiger partial charge in [0, 0.05) is 19.2 Å². The highest BCUT2D eigenvalue weighted by atomic mass is 32.2. The molecule has 0 unspecified atom stereocenters. The number of nitrogens with one attached hydrogen (secondary N) is 2. The summed E-state index contributed by atoms with van der Waals surface area (Å²) in [5.41, 5.74) is 0.886. The number of hydrogen-bond acceptors (Lipinski definition) is 5. The van der Waals surface area contributed by atoms with Crippen LogP contribution in [0.1, 0.15) is 28.9 Å². The maximum Gasteiger partial charge on any atom is 0.308 e. The van der Waals surface area contributed by atoms with Gasteiger partial charge in [0.2, 0.25) is 10.0 Å². The number of carboxylic acids is 1. The lowest BCUT2D eigenvalue weighted by atomic mass is 9.94.